The molecule has 5 heteroatoms. The molecule has 0 saturated heterocycles. The highest BCUT2D eigenvalue weighted by atomic mass is 16.1. The maximum Gasteiger partial charge on any atom is 0.270 e. The van der Waals surface area contributed by atoms with Crippen LogP contribution in [0, 0.1) is 0 Å². The maximum absolute atomic E-state index is 12.6. The maximum atomic E-state index is 12.6. The zero-order valence-electron chi connectivity index (χ0n) is 15.7. The predicted octanol–water partition coefficient (Wildman–Crippen LogP) is 4.80. The first kappa shape index (κ1) is 18.4. The Hall–Kier alpha value is -2.43. The highest BCUT2D eigenvalue weighted by molar-refractivity contribution is 5.92. The summed E-state index contributed by atoms with van der Waals surface area (Å²) < 4.78 is 0. The van der Waals surface area contributed by atoms with Crippen LogP contribution in [-0.4, -0.2) is 21.9 Å². The number of benzene rings is 1. The van der Waals surface area contributed by atoms with Crippen LogP contribution in [-0.2, 0) is 0 Å². The van der Waals surface area contributed by atoms with Crippen LogP contribution in [0.15, 0.2) is 36.5 Å². The van der Waals surface area contributed by atoms with Gasteiger partial charge in [0.25, 0.3) is 5.91 Å². The lowest BCUT2D eigenvalue weighted by Gasteiger charge is -2.16. The average molecular weight is 352 g/mol. The average Bonchev–Trinajstić information content (AvgIpc) is 2.91. The molecule has 1 aliphatic rings. The smallest absolute Gasteiger partial charge is 0.270 e. The number of hydrogen-bond acceptors (Lipinski definition) is 4. The Labute approximate surface area is 155 Å². The largest absolute Gasteiger partial charge is 0.348 e. The monoisotopic (exact) mass is 352 g/mol. The van der Waals surface area contributed by atoms with E-state index in [-0.39, 0.29) is 11.9 Å². The second kappa shape index (κ2) is 8.79. The van der Waals surface area contributed by atoms with Gasteiger partial charge in [-0.2, -0.15) is 0 Å². The molecule has 0 bridgehead atoms. The molecule has 1 fully saturated rings. The first-order valence-electron chi connectivity index (χ1n) is 9.63. The van der Waals surface area contributed by atoms with Crippen molar-refractivity contribution in [1.29, 1.82) is 0 Å². The van der Waals surface area contributed by atoms with E-state index in [9.17, 15) is 4.79 Å². The summed E-state index contributed by atoms with van der Waals surface area (Å²) >= 11 is 0. The minimum Gasteiger partial charge on any atom is -0.348 e. The van der Waals surface area contributed by atoms with Gasteiger partial charge >= 0.3 is 0 Å². The minimum atomic E-state index is -0.112. The van der Waals surface area contributed by atoms with Gasteiger partial charge in [-0.1, -0.05) is 57.7 Å². The van der Waals surface area contributed by atoms with Crippen LogP contribution in [0.2, 0.25) is 0 Å². The SMILES string of the molecule is CC(C)c1ccccc1Nc1nccc(C(=O)NC2CCCCCC2)n1. The molecule has 1 aromatic carbocycles. The van der Waals surface area contributed by atoms with Gasteiger partial charge in [-0.15, -0.1) is 0 Å². The van der Waals surface area contributed by atoms with Crippen molar-refractivity contribution in [3.8, 4) is 0 Å². The first-order chi connectivity index (χ1) is 12.6. The van der Waals surface area contributed by atoms with Crippen LogP contribution >= 0.6 is 0 Å². The standard InChI is InChI=1S/C21H28N4O/c1-15(2)17-11-7-8-12-18(17)24-21-22-14-13-19(25-21)20(26)23-16-9-5-3-4-6-10-16/h7-8,11-16H,3-6,9-10H2,1-2H3,(H,23,26)(H,22,24,25). The van der Waals surface area contributed by atoms with Crippen LogP contribution in [0.4, 0.5) is 11.6 Å². The van der Waals surface area contributed by atoms with Crippen molar-refractivity contribution in [2.75, 3.05) is 5.32 Å². The summed E-state index contributed by atoms with van der Waals surface area (Å²) in [5.74, 6) is 0.728. The Bertz CT molecular complexity index is 736. The van der Waals surface area contributed by atoms with Crippen molar-refractivity contribution < 1.29 is 4.79 Å². The van der Waals surface area contributed by atoms with Crippen molar-refractivity contribution in [2.45, 2.75) is 64.3 Å². The quantitative estimate of drug-likeness (QED) is 0.759. The molecule has 0 aliphatic heterocycles. The van der Waals surface area contributed by atoms with Gasteiger partial charge in [0.2, 0.25) is 5.95 Å². The van der Waals surface area contributed by atoms with E-state index in [0.717, 1.165) is 18.5 Å². The molecular weight excluding hydrogens is 324 g/mol. The van der Waals surface area contributed by atoms with E-state index in [4.69, 9.17) is 0 Å². The third kappa shape index (κ3) is 4.81. The fourth-order valence-electron chi connectivity index (χ4n) is 3.46. The molecule has 0 radical (unpaired) electrons. The van der Waals surface area contributed by atoms with Gasteiger partial charge in [0.05, 0.1) is 0 Å². The number of para-hydroxylation sites is 1. The highest BCUT2D eigenvalue weighted by Gasteiger charge is 2.17. The topological polar surface area (TPSA) is 66.9 Å². The van der Waals surface area contributed by atoms with Crippen LogP contribution < -0.4 is 10.6 Å². The molecule has 1 aliphatic carbocycles. The zero-order chi connectivity index (χ0) is 18.4. The van der Waals surface area contributed by atoms with Crippen LogP contribution in [0.5, 0.6) is 0 Å². The summed E-state index contributed by atoms with van der Waals surface area (Å²) in [5, 5.41) is 6.40. The fraction of sp³-hybridized carbons (Fsp3) is 0.476. The van der Waals surface area contributed by atoms with Gasteiger partial charge in [-0.25, -0.2) is 9.97 Å². The molecular formula is C21H28N4O. The molecule has 1 heterocycles. The van der Waals surface area contributed by atoms with E-state index in [1.165, 1.54) is 31.2 Å². The number of amides is 1. The third-order valence-corrected chi connectivity index (χ3v) is 4.91. The van der Waals surface area contributed by atoms with Crippen LogP contribution in [0.25, 0.3) is 0 Å². The van der Waals surface area contributed by atoms with E-state index < -0.39 is 0 Å². The summed E-state index contributed by atoms with van der Waals surface area (Å²) in [6.45, 7) is 4.30. The van der Waals surface area contributed by atoms with Gasteiger partial charge in [-0.05, 0) is 36.5 Å². The van der Waals surface area contributed by atoms with Gasteiger partial charge in [-0.3, -0.25) is 4.79 Å². The van der Waals surface area contributed by atoms with Crippen molar-refractivity contribution in [3.63, 3.8) is 0 Å². The number of rotatable bonds is 5. The number of hydrogen-bond donors (Lipinski definition) is 2. The summed E-state index contributed by atoms with van der Waals surface area (Å²) in [7, 11) is 0. The van der Waals surface area contributed by atoms with E-state index in [0.29, 0.717) is 17.6 Å². The lowest BCUT2D eigenvalue weighted by Crippen LogP contribution is -2.35. The number of carbonyl (C=O) groups excluding carboxylic acids is 1. The van der Waals surface area contributed by atoms with Gasteiger partial charge in [0, 0.05) is 17.9 Å². The molecule has 0 spiro atoms. The Morgan fingerprint density at radius 1 is 1.08 bits per heavy atom. The lowest BCUT2D eigenvalue weighted by atomic mass is 10.0. The number of nitrogens with one attached hydrogen (secondary N) is 2. The Balaban J connectivity index is 1.71. The fourth-order valence-corrected chi connectivity index (χ4v) is 3.46. The van der Waals surface area contributed by atoms with Crippen LogP contribution in [0.3, 0.4) is 0 Å². The number of aromatic nitrogens is 2. The van der Waals surface area contributed by atoms with Gasteiger partial charge in [0.1, 0.15) is 5.69 Å². The second-order valence-corrected chi connectivity index (χ2v) is 7.29. The van der Waals surface area contributed by atoms with Crippen molar-refractivity contribution in [1.82, 2.24) is 15.3 Å². The van der Waals surface area contributed by atoms with Gasteiger partial charge < -0.3 is 10.6 Å². The van der Waals surface area contributed by atoms with Crippen molar-refractivity contribution in [3.05, 3.63) is 47.8 Å². The minimum absolute atomic E-state index is 0.112. The van der Waals surface area contributed by atoms with Gasteiger partial charge in [0.15, 0.2) is 0 Å². The predicted molar refractivity (Wildman–Crippen MR) is 105 cm³/mol. The summed E-state index contributed by atoms with van der Waals surface area (Å²) in [6, 6.07) is 10.0. The summed E-state index contributed by atoms with van der Waals surface area (Å²) in [6.07, 6.45) is 8.66. The van der Waals surface area contributed by atoms with E-state index in [1.807, 2.05) is 18.2 Å². The normalized spacial score (nSPS) is 15.5. The molecule has 1 aromatic heterocycles. The Morgan fingerprint density at radius 2 is 1.81 bits per heavy atom. The molecule has 3 rings (SSSR count). The summed E-state index contributed by atoms with van der Waals surface area (Å²) in [4.78, 5) is 21.3. The molecule has 0 atom stereocenters. The second-order valence-electron chi connectivity index (χ2n) is 7.29. The molecule has 5 nitrogen and oxygen atoms in total. The third-order valence-electron chi connectivity index (χ3n) is 4.91. The molecule has 1 saturated carbocycles. The number of nitrogens with zero attached hydrogens (tertiary/aromatic N) is 2. The van der Waals surface area contributed by atoms with Crippen LogP contribution in [0.1, 0.15) is 74.3 Å². The van der Waals surface area contributed by atoms with E-state index in [1.54, 1.807) is 12.3 Å². The Morgan fingerprint density at radius 3 is 2.54 bits per heavy atom. The lowest BCUT2D eigenvalue weighted by molar-refractivity contribution is 0.0928. The highest BCUT2D eigenvalue weighted by Crippen LogP contribution is 2.25. The number of carbonyl (C=O) groups is 1. The molecule has 138 valence electrons. The van der Waals surface area contributed by atoms with E-state index >= 15 is 0 Å². The molecule has 0 unspecified atom stereocenters. The molecule has 26 heavy (non-hydrogen) atoms. The van der Waals surface area contributed by atoms with Crippen molar-refractivity contribution >= 4 is 17.5 Å². The summed E-state index contributed by atoms with van der Waals surface area (Å²) in [5.41, 5.74) is 2.59. The Kier molecular flexibility index (Phi) is 6.21. The number of anilines is 2. The zero-order valence-corrected chi connectivity index (χ0v) is 15.7. The van der Waals surface area contributed by atoms with E-state index in [2.05, 4.69) is 40.5 Å². The molecule has 1 amide bonds. The molecule has 2 N–H and O–H groups in total. The first-order valence-corrected chi connectivity index (χ1v) is 9.63. The molecule has 2 aromatic rings. The van der Waals surface area contributed by atoms with Crippen molar-refractivity contribution in [2.24, 2.45) is 0 Å².